The van der Waals surface area contributed by atoms with Crippen LogP contribution >= 0.6 is 15.9 Å². The first-order valence-corrected chi connectivity index (χ1v) is 18.9. The van der Waals surface area contributed by atoms with Gasteiger partial charge in [0.15, 0.2) is 12.4 Å². The predicted octanol–water partition coefficient (Wildman–Crippen LogP) is 5.60. The number of hydrogen-bond donors (Lipinski definition) is 5. The highest BCUT2D eigenvalue weighted by molar-refractivity contribution is 9.10. The van der Waals surface area contributed by atoms with E-state index in [1.165, 1.54) is 18.3 Å². The van der Waals surface area contributed by atoms with E-state index in [4.69, 9.17) is 10.8 Å². The van der Waals surface area contributed by atoms with Gasteiger partial charge in [-0.25, -0.2) is 4.98 Å². The highest BCUT2D eigenvalue weighted by atomic mass is 79.9. The highest BCUT2D eigenvalue weighted by Gasteiger charge is 2.24. The van der Waals surface area contributed by atoms with Crippen molar-refractivity contribution in [2.75, 3.05) is 54.8 Å². The Kier molecular flexibility index (Phi) is 20.2. The van der Waals surface area contributed by atoms with Gasteiger partial charge in [0.05, 0.1) is 40.4 Å². The summed E-state index contributed by atoms with van der Waals surface area (Å²) in [6.45, 7) is 11.4. The molecule has 3 aliphatic heterocycles. The lowest BCUT2D eigenvalue weighted by Gasteiger charge is -2.34. The van der Waals surface area contributed by atoms with E-state index >= 15 is 0 Å². The van der Waals surface area contributed by atoms with E-state index in [2.05, 4.69) is 46.0 Å². The third-order valence-corrected chi connectivity index (χ3v) is 10.3. The number of aliphatic hydroxyl groups excluding tert-OH is 3. The Labute approximate surface area is 326 Å². The molecule has 17 heteroatoms. The molecular weight excluding hydrogens is 762 g/mol. The van der Waals surface area contributed by atoms with E-state index < -0.39 is 9.85 Å². The molecular formula is C37H58BrN9O7. The van der Waals surface area contributed by atoms with Crippen molar-refractivity contribution >= 4 is 44.8 Å². The van der Waals surface area contributed by atoms with Crippen molar-refractivity contribution in [3.63, 3.8) is 0 Å². The van der Waals surface area contributed by atoms with Crippen LogP contribution in [0.2, 0.25) is 0 Å². The fraction of sp³-hybridized carbons (Fsp3) is 0.595. The number of nitro groups is 2. The van der Waals surface area contributed by atoms with Gasteiger partial charge in [-0.15, -0.1) is 0 Å². The second kappa shape index (κ2) is 23.7. The Bertz CT molecular complexity index is 1500. The molecule has 0 aromatic carbocycles. The summed E-state index contributed by atoms with van der Waals surface area (Å²) >= 11 is 3.11. The van der Waals surface area contributed by atoms with E-state index in [0.717, 1.165) is 93.6 Å². The Balaban J connectivity index is 0.000000257. The topological polar surface area (TPSA) is 230 Å². The minimum atomic E-state index is -0.535. The van der Waals surface area contributed by atoms with E-state index in [-0.39, 0.29) is 37.4 Å². The average molecular weight is 821 g/mol. The molecule has 3 aromatic rings. The van der Waals surface area contributed by atoms with Crippen molar-refractivity contribution < 1.29 is 25.2 Å². The molecule has 6 rings (SSSR count). The maximum absolute atomic E-state index is 10.5. The Morgan fingerprint density at radius 2 is 1.07 bits per heavy atom. The summed E-state index contributed by atoms with van der Waals surface area (Å²) < 4.78 is 0.734. The third kappa shape index (κ3) is 15.8. The lowest BCUT2D eigenvalue weighted by molar-refractivity contribution is -0.389. The normalized spacial score (nSPS) is 18.1. The fourth-order valence-corrected chi connectivity index (χ4v) is 6.58. The average Bonchev–Trinajstić information content (AvgIpc) is 3.16. The quantitative estimate of drug-likeness (QED) is 0.144. The number of pyridine rings is 3. The van der Waals surface area contributed by atoms with Crippen LogP contribution in [0.15, 0.2) is 59.5 Å². The zero-order valence-corrected chi connectivity index (χ0v) is 32.3. The number of nitrogen functional groups attached to an aromatic ring is 1. The second-order valence-corrected chi connectivity index (χ2v) is 14.5. The van der Waals surface area contributed by atoms with Crippen LogP contribution in [-0.4, -0.2) is 97.7 Å². The van der Waals surface area contributed by atoms with Gasteiger partial charge < -0.3 is 56.4 Å². The molecule has 0 aliphatic carbocycles. The molecule has 3 fully saturated rings. The maximum atomic E-state index is 10.5. The van der Waals surface area contributed by atoms with Crippen LogP contribution in [0.5, 0.6) is 0 Å². The highest BCUT2D eigenvalue weighted by Crippen LogP contribution is 2.26. The van der Waals surface area contributed by atoms with Crippen LogP contribution in [0.4, 0.5) is 28.8 Å². The molecule has 6 N–H and O–H groups in total. The fourth-order valence-electron chi connectivity index (χ4n) is 6.34. The second-order valence-electron chi connectivity index (χ2n) is 13.6. The van der Waals surface area contributed by atoms with Crippen LogP contribution in [0.1, 0.15) is 66.7 Å². The van der Waals surface area contributed by atoms with Gasteiger partial charge in [-0.1, -0.05) is 7.43 Å². The van der Waals surface area contributed by atoms with Gasteiger partial charge in [-0.05, 0) is 150 Å². The van der Waals surface area contributed by atoms with Gasteiger partial charge in [-0.3, -0.25) is 0 Å². The molecule has 3 atom stereocenters. The predicted molar refractivity (Wildman–Crippen MR) is 215 cm³/mol. The molecule has 0 saturated carbocycles. The van der Waals surface area contributed by atoms with Crippen LogP contribution < -0.4 is 20.9 Å². The zero-order valence-electron chi connectivity index (χ0n) is 30.7. The number of hydrogen-bond acceptors (Lipinski definition) is 14. The van der Waals surface area contributed by atoms with E-state index in [0.29, 0.717) is 23.6 Å². The summed E-state index contributed by atoms with van der Waals surface area (Å²) in [7, 11) is 0. The number of nitrogens with two attached hydrogens (primary N) is 1. The molecule has 54 heavy (non-hydrogen) atoms. The van der Waals surface area contributed by atoms with Crippen LogP contribution in [0.25, 0.3) is 0 Å². The van der Waals surface area contributed by atoms with Gasteiger partial charge in [-0.2, -0.15) is 0 Å². The number of aromatic nitrogens is 3. The summed E-state index contributed by atoms with van der Waals surface area (Å²) in [6, 6.07) is 9.90. The van der Waals surface area contributed by atoms with Gasteiger partial charge in [0.2, 0.25) is 0 Å². The van der Waals surface area contributed by atoms with Crippen molar-refractivity contribution in [1.82, 2.24) is 20.3 Å². The smallest absolute Gasteiger partial charge is 0.363 e. The van der Waals surface area contributed by atoms with Crippen LogP contribution in [-0.2, 0) is 0 Å². The van der Waals surface area contributed by atoms with Gasteiger partial charge in [0.25, 0.3) is 0 Å². The molecule has 16 nitrogen and oxygen atoms in total. The standard InChI is InChI=1S/C12H17N3O3.C12H19N3O.C7H15NO.C5H3BrN2O2.CH4/c1-9(16)10-4-6-14(7-5-10)11-2-3-12(13-8-11)15(17)18;1-9(16)10-4-6-15(7-5-10)11-2-3-12(13)14-8-11;1-6(9)7-2-4-8-5-3-7;6-4-1-2-5(7-3-4)8(9)10;/h2-3,8-10,16H,4-7H2,1H3;2-3,8-10,16H,4-7H2,1H3,(H2,13,14);6-9H,2-5H2,1H3;1-3H;1H4/t2*9-;6-;;/m000../s1. The first-order chi connectivity index (χ1) is 25.2. The Hall–Kier alpha value is -4.03. The molecule has 0 bridgehead atoms. The molecule has 300 valence electrons. The number of rotatable bonds is 7. The minimum Gasteiger partial charge on any atom is -0.393 e. The van der Waals surface area contributed by atoms with E-state index in [1.54, 1.807) is 18.3 Å². The molecule has 0 spiro atoms. The SMILES string of the molecule is C.C[C@H](O)C1CCN(c2ccc(N)nc2)CC1.C[C@H](O)C1CCN(c2ccc([N+](=O)[O-])nc2)CC1.C[C@H](O)C1CCNCC1.O=[N+]([O-])c1ccc(Br)cn1. The number of halogens is 1. The monoisotopic (exact) mass is 819 g/mol. The Morgan fingerprint density at radius 3 is 1.39 bits per heavy atom. The molecule has 0 amide bonds. The summed E-state index contributed by atoms with van der Waals surface area (Å²) in [5.74, 6) is 1.64. The zero-order chi connectivity index (χ0) is 38.9. The summed E-state index contributed by atoms with van der Waals surface area (Å²) in [4.78, 5) is 35.4. The summed E-state index contributed by atoms with van der Waals surface area (Å²) in [5.41, 5.74) is 7.59. The van der Waals surface area contributed by atoms with Crippen LogP contribution in [0.3, 0.4) is 0 Å². The lowest BCUT2D eigenvalue weighted by Crippen LogP contribution is -2.37. The van der Waals surface area contributed by atoms with Gasteiger partial charge in [0, 0.05) is 38.3 Å². The van der Waals surface area contributed by atoms with Crippen LogP contribution in [0, 0.1) is 38.0 Å². The van der Waals surface area contributed by atoms with Crippen molar-refractivity contribution in [3.8, 4) is 0 Å². The Morgan fingerprint density at radius 1 is 0.685 bits per heavy atom. The molecule has 0 unspecified atom stereocenters. The third-order valence-electron chi connectivity index (χ3n) is 9.83. The summed E-state index contributed by atoms with van der Waals surface area (Å²) in [5, 5.41) is 52.0. The molecule has 0 radical (unpaired) electrons. The molecule has 6 heterocycles. The summed E-state index contributed by atoms with van der Waals surface area (Å²) in [6.07, 6.45) is 10.4. The first kappa shape index (κ1) is 46.1. The van der Waals surface area contributed by atoms with Crippen molar-refractivity contribution in [2.45, 2.75) is 85.0 Å². The van der Waals surface area contributed by atoms with Crippen molar-refractivity contribution in [2.24, 2.45) is 17.8 Å². The molecule has 3 aromatic heterocycles. The molecule has 3 aliphatic rings. The number of anilines is 3. The minimum absolute atomic E-state index is 0. The molecule has 3 saturated heterocycles. The number of nitrogens with one attached hydrogen (secondary N) is 1. The first-order valence-electron chi connectivity index (χ1n) is 18.1. The largest absolute Gasteiger partial charge is 0.393 e. The van der Waals surface area contributed by atoms with E-state index in [1.807, 2.05) is 39.1 Å². The van der Waals surface area contributed by atoms with Crippen molar-refractivity contribution in [3.05, 3.63) is 79.7 Å². The van der Waals surface area contributed by atoms with E-state index in [9.17, 15) is 30.4 Å². The number of aliphatic hydroxyl groups is 3. The van der Waals surface area contributed by atoms with Gasteiger partial charge >= 0.3 is 11.6 Å². The number of nitrogens with zero attached hydrogens (tertiary/aromatic N) is 7. The lowest BCUT2D eigenvalue weighted by atomic mass is 9.92. The van der Waals surface area contributed by atoms with Crippen molar-refractivity contribution in [1.29, 1.82) is 0 Å². The van der Waals surface area contributed by atoms with Gasteiger partial charge in [0.1, 0.15) is 5.82 Å². The maximum Gasteiger partial charge on any atom is 0.363 e. The number of piperidine rings is 3.